The molecule has 0 aliphatic carbocycles. The highest BCUT2D eigenvalue weighted by molar-refractivity contribution is 5.75. The standard InChI is InChI=1S/C24H44N2O3/c1-2-3-11-16-21-22(29-21)17-12-8-6-4-5-7-9-14-19-24(28)26-20-15-10-13-18-23(25)27/h8,12,21-22H,2-7,9-11,13-20H2,1H3,(H2,25,27)(H,26,28). The van der Waals surface area contributed by atoms with Crippen LogP contribution in [-0.4, -0.2) is 30.6 Å². The van der Waals surface area contributed by atoms with Gasteiger partial charge in [-0.15, -0.1) is 0 Å². The van der Waals surface area contributed by atoms with Crippen molar-refractivity contribution in [3.05, 3.63) is 12.2 Å². The molecule has 5 heteroatoms. The Balaban J connectivity index is 1.78. The molecular weight excluding hydrogens is 364 g/mol. The Morgan fingerprint density at radius 1 is 0.862 bits per heavy atom. The molecule has 29 heavy (non-hydrogen) atoms. The van der Waals surface area contributed by atoms with Crippen LogP contribution in [0.4, 0.5) is 0 Å². The smallest absolute Gasteiger partial charge is 0.219 e. The zero-order valence-corrected chi connectivity index (χ0v) is 18.6. The van der Waals surface area contributed by atoms with Crippen LogP contribution in [0.25, 0.3) is 0 Å². The molecule has 5 nitrogen and oxygen atoms in total. The zero-order chi connectivity index (χ0) is 21.2. The lowest BCUT2D eigenvalue weighted by molar-refractivity contribution is -0.121. The molecule has 2 atom stereocenters. The van der Waals surface area contributed by atoms with Gasteiger partial charge in [0, 0.05) is 19.4 Å². The molecule has 1 aliphatic rings. The zero-order valence-electron chi connectivity index (χ0n) is 18.6. The molecule has 0 saturated carbocycles. The quantitative estimate of drug-likeness (QED) is 0.165. The first-order valence-corrected chi connectivity index (χ1v) is 12.0. The monoisotopic (exact) mass is 408 g/mol. The Kier molecular flexibility index (Phi) is 15.5. The molecule has 2 amide bonds. The van der Waals surface area contributed by atoms with Crippen LogP contribution in [0.5, 0.6) is 0 Å². The summed E-state index contributed by atoms with van der Waals surface area (Å²) in [4.78, 5) is 22.4. The maximum atomic E-state index is 11.7. The molecule has 1 fully saturated rings. The predicted molar refractivity (Wildman–Crippen MR) is 120 cm³/mol. The van der Waals surface area contributed by atoms with Gasteiger partial charge in [0.2, 0.25) is 11.8 Å². The summed E-state index contributed by atoms with van der Waals surface area (Å²) in [5.74, 6) is -0.0950. The van der Waals surface area contributed by atoms with E-state index in [9.17, 15) is 9.59 Å². The summed E-state index contributed by atoms with van der Waals surface area (Å²) < 4.78 is 5.70. The van der Waals surface area contributed by atoms with E-state index >= 15 is 0 Å². The lowest BCUT2D eigenvalue weighted by Crippen LogP contribution is -2.24. The molecule has 0 aromatic heterocycles. The van der Waals surface area contributed by atoms with Gasteiger partial charge in [-0.1, -0.05) is 64.0 Å². The van der Waals surface area contributed by atoms with E-state index in [1.807, 2.05) is 0 Å². The number of unbranched alkanes of at least 4 members (excludes halogenated alkanes) is 9. The maximum Gasteiger partial charge on any atom is 0.219 e. The Labute approximate surface area is 178 Å². The van der Waals surface area contributed by atoms with Crippen molar-refractivity contribution in [1.82, 2.24) is 5.32 Å². The third-order valence-corrected chi connectivity index (χ3v) is 5.51. The molecule has 0 aromatic rings. The number of nitrogens with one attached hydrogen (secondary N) is 1. The van der Waals surface area contributed by atoms with E-state index in [-0.39, 0.29) is 11.8 Å². The van der Waals surface area contributed by atoms with Crippen LogP contribution in [0, 0.1) is 0 Å². The highest BCUT2D eigenvalue weighted by atomic mass is 16.6. The van der Waals surface area contributed by atoms with E-state index in [0.717, 1.165) is 44.9 Å². The topological polar surface area (TPSA) is 84.7 Å². The van der Waals surface area contributed by atoms with Crippen molar-refractivity contribution in [2.45, 2.75) is 122 Å². The van der Waals surface area contributed by atoms with Crippen LogP contribution in [0.1, 0.15) is 110 Å². The molecule has 0 bridgehead atoms. The predicted octanol–water partition coefficient (Wildman–Crippen LogP) is 5.17. The third-order valence-electron chi connectivity index (χ3n) is 5.51. The molecule has 0 aromatic carbocycles. The molecule has 1 aliphatic heterocycles. The number of hydrogen-bond donors (Lipinski definition) is 2. The van der Waals surface area contributed by atoms with Gasteiger partial charge in [-0.2, -0.15) is 0 Å². The molecule has 0 spiro atoms. The average Bonchev–Trinajstić information content (AvgIpc) is 3.44. The fourth-order valence-corrected chi connectivity index (χ4v) is 3.58. The van der Waals surface area contributed by atoms with E-state index < -0.39 is 0 Å². The lowest BCUT2D eigenvalue weighted by atomic mass is 10.1. The van der Waals surface area contributed by atoms with Crippen LogP contribution >= 0.6 is 0 Å². The van der Waals surface area contributed by atoms with Crippen LogP contribution in [-0.2, 0) is 14.3 Å². The number of carbonyl (C=O) groups is 2. The van der Waals surface area contributed by atoms with Gasteiger partial charge in [-0.05, 0) is 44.9 Å². The van der Waals surface area contributed by atoms with Crippen molar-refractivity contribution in [2.24, 2.45) is 5.73 Å². The van der Waals surface area contributed by atoms with Gasteiger partial charge in [-0.3, -0.25) is 9.59 Å². The number of hydrogen-bond acceptors (Lipinski definition) is 3. The molecule has 1 rings (SSSR count). The molecule has 2 unspecified atom stereocenters. The van der Waals surface area contributed by atoms with Gasteiger partial charge in [-0.25, -0.2) is 0 Å². The summed E-state index contributed by atoms with van der Waals surface area (Å²) in [6.07, 6.45) is 22.5. The number of ether oxygens (including phenoxy) is 1. The fourth-order valence-electron chi connectivity index (χ4n) is 3.58. The molecule has 168 valence electrons. The lowest BCUT2D eigenvalue weighted by Gasteiger charge is -2.05. The number of epoxide rings is 1. The molecule has 1 heterocycles. The number of nitrogens with two attached hydrogens (primary N) is 1. The van der Waals surface area contributed by atoms with Gasteiger partial charge < -0.3 is 15.8 Å². The first-order valence-electron chi connectivity index (χ1n) is 12.0. The summed E-state index contributed by atoms with van der Waals surface area (Å²) in [5, 5.41) is 2.95. The van der Waals surface area contributed by atoms with E-state index in [1.165, 1.54) is 44.9 Å². The summed E-state index contributed by atoms with van der Waals surface area (Å²) in [6, 6.07) is 0. The molecule has 1 saturated heterocycles. The SMILES string of the molecule is CCCCCC1OC1CC=CCCCCCCCC(=O)NCCCCCC(N)=O. The van der Waals surface area contributed by atoms with Crippen LogP contribution < -0.4 is 11.1 Å². The number of amides is 2. The summed E-state index contributed by atoms with van der Waals surface area (Å²) in [5.41, 5.74) is 5.09. The minimum atomic E-state index is -0.246. The number of rotatable bonds is 20. The number of allylic oxidation sites excluding steroid dienone is 1. The second kappa shape index (κ2) is 17.5. The van der Waals surface area contributed by atoms with Crippen molar-refractivity contribution in [1.29, 1.82) is 0 Å². The van der Waals surface area contributed by atoms with Gasteiger partial charge in [0.05, 0.1) is 12.2 Å². The van der Waals surface area contributed by atoms with E-state index in [2.05, 4.69) is 24.4 Å². The molecule has 3 N–H and O–H groups in total. The second-order valence-electron chi connectivity index (χ2n) is 8.35. The minimum Gasteiger partial charge on any atom is -0.370 e. The highest BCUT2D eigenvalue weighted by Crippen LogP contribution is 2.30. The highest BCUT2D eigenvalue weighted by Gasteiger charge is 2.36. The van der Waals surface area contributed by atoms with Gasteiger partial charge in [0.1, 0.15) is 0 Å². The first kappa shape index (κ1) is 25.7. The normalized spacial score (nSPS) is 18.2. The minimum absolute atomic E-state index is 0.151. The number of primary amides is 1. The fraction of sp³-hybridized carbons (Fsp3) is 0.833. The largest absolute Gasteiger partial charge is 0.370 e. The Morgan fingerprint density at radius 2 is 1.59 bits per heavy atom. The van der Waals surface area contributed by atoms with Crippen LogP contribution in [0.15, 0.2) is 12.2 Å². The summed E-state index contributed by atoms with van der Waals surface area (Å²) >= 11 is 0. The van der Waals surface area contributed by atoms with E-state index in [0.29, 0.717) is 31.6 Å². The molecule has 0 radical (unpaired) electrons. The Hall–Kier alpha value is -1.36. The average molecular weight is 409 g/mol. The van der Waals surface area contributed by atoms with Crippen LogP contribution in [0.3, 0.4) is 0 Å². The van der Waals surface area contributed by atoms with Crippen molar-refractivity contribution < 1.29 is 14.3 Å². The first-order chi connectivity index (χ1) is 14.1. The Morgan fingerprint density at radius 3 is 2.38 bits per heavy atom. The van der Waals surface area contributed by atoms with Gasteiger partial charge >= 0.3 is 0 Å². The Bertz CT molecular complexity index is 465. The van der Waals surface area contributed by atoms with Crippen LogP contribution in [0.2, 0.25) is 0 Å². The van der Waals surface area contributed by atoms with E-state index in [4.69, 9.17) is 10.5 Å². The number of carbonyl (C=O) groups excluding carboxylic acids is 2. The van der Waals surface area contributed by atoms with Gasteiger partial charge in [0.15, 0.2) is 0 Å². The maximum absolute atomic E-state index is 11.7. The summed E-state index contributed by atoms with van der Waals surface area (Å²) in [6.45, 7) is 2.95. The summed E-state index contributed by atoms with van der Waals surface area (Å²) in [7, 11) is 0. The van der Waals surface area contributed by atoms with Crippen molar-refractivity contribution in [2.75, 3.05) is 6.54 Å². The van der Waals surface area contributed by atoms with Crippen molar-refractivity contribution in [3.63, 3.8) is 0 Å². The van der Waals surface area contributed by atoms with Crippen molar-refractivity contribution in [3.8, 4) is 0 Å². The van der Waals surface area contributed by atoms with Gasteiger partial charge in [0.25, 0.3) is 0 Å². The molecular formula is C24H44N2O3. The van der Waals surface area contributed by atoms with Crippen molar-refractivity contribution >= 4 is 11.8 Å². The third kappa shape index (κ3) is 16.2. The second-order valence-corrected chi connectivity index (χ2v) is 8.35. The van der Waals surface area contributed by atoms with E-state index in [1.54, 1.807) is 0 Å².